The first-order valence-electron chi connectivity index (χ1n) is 10.1. The van der Waals surface area contributed by atoms with Gasteiger partial charge in [-0.2, -0.15) is 0 Å². The van der Waals surface area contributed by atoms with Crippen LogP contribution in [0.15, 0.2) is 64.6 Å². The average Bonchev–Trinajstić information content (AvgIpc) is 2.73. The van der Waals surface area contributed by atoms with Crippen LogP contribution >= 0.6 is 0 Å². The molecule has 0 heterocycles. The lowest BCUT2D eigenvalue weighted by Gasteiger charge is -2.25. The van der Waals surface area contributed by atoms with Crippen molar-refractivity contribution in [2.24, 2.45) is 9.98 Å². The van der Waals surface area contributed by atoms with Crippen molar-refractivity contribution < 1.29 is 14.9 Å². The smallest absolute Gasteiger partial charge is 0.148 e. The van der Waals surface area contributed by atoms with Gasteiger partial charge in [-0.15, -0.1) is 0 Å². The van der Waals surface area contributed by atoms with E-state index >= 15 is 0 Å². The van der Waals surface area contributed by atoms with Crippen molar-refractivity contribution in [1.29, 1.82) is 0 Å². The highest BCUT2D eigenvalue weighted by atomic mass is 16.5. The molecule has 0 aliphatic rings. The van der Waals surface area contributed by atoms with Gasteiger partial charge in [-0.3, -0.25) is 9.98 Å². The van der Waals surface area contributed by atoms with Gasteiger partial charge in [0.15, 0.2) is 0 Å². The first-order valence-corrected chi connectivity index (χ1v) is 10.1. The van der Waals surface area contributed by atoms with E-state index in [0.717, 1.165) is 16.8 Å². The molecule has 0 aromatic heterocycles. The van der Waals surface area contributed by atoms with Gasteiger partial charge in [-0.05, 0) is 42.7 Å². The van der Waals surface area contributed by atoms with Crippen LogP contribution in [0.2, 0.25) is 0 Å². The largest absolute Gasteiger partial charge is 0.507 e. The van der Waals surface area contributed by atoms with Crippen molar-refractivity contribution in [2.75, 3.05) is 7.11 Å². The lowest BCUT2D eigenvalue weighted by Crippen LogP contribution is -2.13. The molecule has 0 fully saturated rings. The molecule has 0 spiro atoms. The third-order valence-corrected chi connectivity index (χ3v) is 5.04. The van der Waals surface area contributed by atoms with E-state index < -0.39 is 0 Å². The molecule has 0 bridgehead atoms. The Labute approximate surface area is 183 Å². The molecule has 3 aromatic carbocycles. The Balaban J connectivity index is 2.17. The van der Waals surface area contributed by atoms with E-state index in [1.807, 2.05) is 25.1 Å². The number of aromatic hydroxyl groups is 2. The molecule has 5 nitrogen and oxygen atoms in total. The number of phenols is 2. The van der Waals surface area contributed by atoms with Gasteiger partial charge in [0.2, 0.25) is 0 Å². The molecule has 0 unspecified atom stereocenters. The number of ether oxygens (including phenoxy) is 1. The minimum Gasteiger partial charge on any atom is -0.507 e. The van der Waals surface area contributed by atoms with Gasteiger partial charge in [0.05, 0.1) is 12.8 Å². The Kier molecular flexibility index (Phi) is 6.44. The first-order chi connectivity index (χ1) is 14.7. The number of hydrogen-bond acceptors (Lipinski definition) is 5. The lowest BCUT2D eigenvalue weighted by atomic mass is 9.84. The summed E-state index contributed by atoms with van der Waals surface area (Å²) in [7, 11) is 1.63. The molecule has 0 atom stereocenters. The molecule has 0 aliphatic carbocycles. The maximum atomic E-state index is 10.1. The molecule has 0 aliphatic heterocycles. The Hall–Kier alpha value is -3.60. The van der Waals surface area contributed by atoms with E-state index in [0.29, 0.717) is 22.6 Å². The second-order valence-electron chi connectivity index (χ2n) is 8.33. The van der Waals surface area contributed by atoms with Crippen LogP contribution in [-0.2, 0) is 5.41 Å². The SMILES string of the molecule is COc1c(C(C)(C)C)cc(/N=C/c2ccccc2O)c(C)c1/N=C/c1ccccc1O. The van der Waals surface area contributed by atoms with Gasteiger partial charge in [0.25, 0.3) is 0 Å². The molecule has 160 valence electrons. The molecule has 5 heteroatoms. The Morgan fingerprint density at radius 1 is 0.839 bits per heavy atom. The van der Waals surface area contributed by atoms with Crippen molar-refractivity contribution in [1.82, 2.24) is 0 Å². The predicted octanol–water partition coefficient (Wildman–Crippen LogP) is 6.21. The fraction of sp³-hybridized carbons (Fsp3) is 0.231. The van der Waals surface area contributed by atoms with Gasteiger partial charge in [-0.25, -0.2) is 0 Å². The molecule has 0 amide bonds. The molecule has 3 aromatic rings. The molecule has 0 saturated carbocycles. The van der Waals surface area contributed by atoms with Gasteiger partial charge in [-0.1, -0.05) is 45.0 Å². The first kappa shape index (κ1) is 22.1. The second kappa shape index (κ2) is 9.04. The van der Waals surface area contributed by atoms with Crippen molar-refractivity contribution in [2.45, 2.75) is 33.1 Å². The minimum absolute atomic E-state index is 0.160. The third kappa shape index (κ3) is 4.94. The standard InChI is InChI=1S/C26H28N2O3/c1-17-21(27-15-18-10-6-8-12-22(18)29)14-20(26(2,3)4)25(31-5)24(17)28-16-19-11-7-9-13-23(19)30/h6-16,29-30H,1-5H3/b27-15+,28-16+. The number of aliphatic imine (C=N–C) groups is 2. The van der Waals surface area contributed by atoms with Crippen molar-refractivity contribution >= 4 is 23.8 Å². The van der Waals surface area contributed by atoms with Crippen LogP contribution in [0.25, 0.3) is 0 Å². The van der Waals surface area contributed by atoms with Crippen LogP contribution in [-0.4, -0.2) is 29.8 Å². The second-order valence-corrected chi connectivity index (χ2v) is 8.33. The number of nitrogens with zero attached hydrogens (tertiary/aromatic N) is 2. The summed E-state index contributed by atoms with van der Waals surface area (Å²) in [6.07, 6.45) is 3.27. The fourth-order valence-electron chi connectivity index (χ4n) is 3.25. The van der Waals surface area contributed by atoms with Crippen molar-refractivity contribution in [3.63, 3.8) is 0 Å². The van der Waals surface area contributed by atoms with E-state index in [9.17, 15) is 10.2 Å². The maximum absolute atomic E-state index is 10.1. The summed E-state index contributed by atoms with van der Waals surface area (Å²) >= 11 is 0. The Morgan fingerprint density at radius 2 is 1.35 bits per heavy atom. The van der Waals surface area contributed by atoms with Crippen LogP contribution in [0.3, 0.4) is 0 Å². The summed E-state index contributed by atoms with van der Waals surface area (Å²) in [6, 6.07) is 16.1. The van der Waals surface area contributed by atoms with E-state index in [2.05, 4.69) is 30.8 Å². The molecule has 0 saturated heterocycles. The normalized spacial score (nSPS) is 12.0. The zero-order chi connectivity index (χ0) is 22.6. The highest BCUT2D eigenvalue weighted by Gasteiger charge is 2.24. The molecular formula is C26H28N2O3. The zero-order valence-corrected chi connectivity index (χ0v) is 18.5. The van der Waals surface area contributed by atoms with Gasteiger partial charge < -0.3 is 14.9 Å². The van der Waals surface area contributed by atoms with E-state index in [1.165, 1.54) is 0 Å². The molecule has 0 radical (unpaired) electrons. The number of para-hydroxylation sites is 2. The summed E-state index contributed by atoms with van der Waals surface area (Å²) in [5.74, 6) is 1.01. The average molecular weight is 417 g/mol. The van der Waals surface area contributed by atoms with Gasteiger partial charge in [0, 0.05) is 34.7 Å². The third-order valence-electron chi connectivity index (χ3n) is 5.04. The summed E-state index contributed by atoms with van der Waals surface area (Å²) in [6.45, 7) is 8.25. The maximum Gasteiger partial charge on any atom is 0.148 e. The lowest BCUT2D eigenvalue weighted by molar-refractivity contribution is 0.399. The fourth-order valence-corrected chi connectivity index (χ4v) is 3.25. The van der Waals surface area contributed by atoms with Crippen molar-refractivity contribution in [3.05, 3.63) is 76.9 Å². The number of hydrogen-bond donors (Lipinski definition) is 2. The van der Waals surface area contributed by atoms with Crippen LogP contribution < -0.4 is 4.74 Å². The zero-order valence-electron chi connectivity index (χ0n) is 18.5. The quantitative estimate of drug-likeness (QED) is 0.485. The van der Waals surface area contributed by atoms with E-state index in [4.69, 9.17) is 4.74 Å². The summed E-state index contributed by atoms with van der Waals surface area (Å²) in [5.41, 5.74) is 4.23. The summed E-state index contributed by atoms with van der Waals surface area (Å²) in [5, 5.41) is 20.1. The highest BCUT2D eigenvalue weighted by Crippen LogP contribution is 2.45. The minimum atomic E-state index is -0.211. The van der Waals surface area contributed by atoms with Gasteiger partial charge in [0.1, 0.15) is 22.9 Å². The number of methoxy groups -OCH3 is 1. The number of benzene rings is 3. The Bertz CT molecular complexity index is 1140. The van der Waals surface area contributed by atoms with E-state index in [1.54, 1.807) is 55.9 Å². The predicted molar refractivity (Wildman–Crippen MR) is 127 cm³/mol. The van der Waals surface area contributed by atoms with E-state index in [-0.39, 0.29) is 16.9 Å². The summed E-state index contributed by atoms with van der Waals surface area (Å²) < 4.78 is 5.77. The number of phenolic OH excluding ortho intramolecular Hbond substituents is 2. The highest BCUT2D eigenvalue weighted by molar-refractivity contribution is 5.89. The molecule has 31 heavy (non-hydrogen) atoms. The van der Waals surface area contributed by atoms with Gasteiger partial charge >= 0.3 is 0 Å². The van der Waals surface area contributed by atoms with Crippen LogP contribution in [0.4, 0.5) is 11.4 Å². The van der Waals surface area contributed by atoms with Crippen LogP contribution in [0, 0.1) is 6.92 Å². The number of rotatable bonds is 5. The molecular weight excluding hydrogens is 388 g/mol. The van der Waals surface area contributed by atoms with Crippen molar-refractivity contribution in [3.8, 4) is 17.2 Å². The summed E-state index contributed by atoms with van der Waals surface area (Å²) in [4.78, 5) is 9.34. The Morgan fingerprint density at radius 3 is 1.84 bits per heavy atom. The van der Waals surface area contributed by atoms with Crippen LogP contribution in [0.5, 0.6) is 17.2 Å². The monoisotopic (exact) mass is 416 g/mol. The molecule has 3 rings (SSSR count). The van der Waals surface area contributed by atoms with Crippen LogP contribution in [0.1, 0.15) is 43.0 Å². The molecule has 2 N–H and O–H groups in total. The topological polar surface area (TPSA) is 74.4 Å².